The van der Waals surface area contributed by atoms with Crippen molar-refractivity contribution in [2.24, 2.45) is 11.8 Å². The van der Waals surface area contributed by atoms with E-state index in [-0.39, 0.29) is 48.4 Å². The standard InChI is InChI=1S/C19H26ClN3O4S/c1-12(2)8-14(22-19(27)16-4-3-7-28-16)15(24)11-23(17(25)9-20)10-13-5-6-21-18(13)26/h3-4,7,12-14H,5-6,8-11H2,1-2H3,(H,21,26)(H,22,27)/t13?,14-/m0/s1. The van der Waals surface area contributed by atoms with Gasteiger partial charge in [-0.15, -0.1) is 22.9 Å². The first-order chi connectivity index (χ1) is 13.3. The molecule has 0 radical (unpaired) electrons. The molecule has 1 aliphatic heterocycles. The van der Waals surface area contributed by atoms with E-state index in [9.17, 15) is 19.2 Å². The Bertz CT molecular complexity index is 708. The van der Waals surface area contributed by atoms with Gasteiger partial charge in [0, 0.05) is 13.1 Å². The van der Waals surface area contributed by atoms with Crippen LogP contribution in [0.4, 0.5) is 0 Å². The first kappa shape index (κ1) is 22.4. The third-order valence-electron chi connectivity index (χ3n) is 4.56. The topological polar surface area (TPSA) is 95.6 Å². The molecular weight excluding hydrogens is 402 g/mol. The van der Waals surface area contributed by atoms with Gasteiger partial charge in [0.25, 0.3) is 5.91 Å². The number of alkyl halides is 1. The SMILES string of the molecule is CC(C)C[C@H](NC(=O)c1cccs1)C(=O)CN(CC1CCNC1=O)C(=O)CCl. The van der Waals surface area contributed by atoms with E-state index in [0.29, 0.717) is 24.3 Å². The molecule has 0 aliphatic carbocycles. The Morgan fingerprint density at radius 3 is 2.68 bits per heavy atom. The van der Waals surface area contributed by atoms with E-state index < -0.39 is 11.9 Å². The van der Waals surface area contributed by atoms with Crippen molar-refractivity contribution in [3.8, 4) is 0 Å². The van der Waals surface area contributed by atoms with Gasteiger partial charge in [0.1, 0.15) is 5.88 Å². The average molecular weight is 428 g/mol. The third-order valence-corrected chi connectivity index (χ3v) is 5.66. The molecule has 1 fully saturated rings. The molecule has 0 spiro atoms. The molecule has 2 heterocycles. The molecule has 154 valence electrons. The van der Waals surface area contributed by atoms with Crippen molar-refractivity contribution in [3.05, 3.63) is 22.4 Å². The normalized spacial score (nSPS) is 17.3. The Labute approximate surface area is 173 Å². The summed E-state index contributed by atoms with van der Waals surface area (Å²) < 4.78 is 0. The molecule has 1 unspecified atom stereocenters. The van der Waals surface area contributed by atoms with Crippen molar-refractivity contribution < 1.29 is 19.2 Å². The Balaban J connectivity index is 2.07. The minimum absolute atomic E-state index is 0.121. The second-order valence-corrected chi connectivity index (χ2v) is 8.50. The molecule has 9 heteroatoms. The lowest BCUT2D eigenvalue weighted by molar-refractivity contribution is -0.135. The van der Waals surface area contributed by atoms with Crippen LogP contribution in [0.2, 0.25) is 0 Å². The van der Waals surface area contributed by atoms with Crippen LogP contribution in [-0.2, 0) is 14.4 Å². The largest absolute Gasteiger partial charge is 0.356 e. The fourth-order valence-electron chi connectivity index (χ4n) is 3.10. The number of carbonyl (C=O) groups is 4. The lowest BCUT2D eigenvalue weighted by Gasteiger charge is -2.26. The van der Waals surface area contributed by atoms with E-state index in [1.165, 1.54) is 16.2 Å². The van der Waals surface area contributed by atoms with Crippen LogP contribution < -0.4 is 10.6 Å². The van der Waals surface area contributed by atoms with Crippen molar-refractivity contribution in [3.63, 3.8) is 0 Å². The first-order valence-corrected chi connectivity index (χ1v) is 10.7. The number of hydrogen-bond acceptors (Lipinski definition) is 5. The van der Waals surface area contributed by atoms with E-state index in [4.69, 9.17) is 11.6 Å². The van der Waals surface area contributed by atoms with Gasteiger partial charge in [-0.25, -0.2) is 0 Å². The summed E-state index contributed by atoms with van der Waals surface area (Å²) in [7, 11) is 0. The van der Waals surface area contributed by atoms with Crippen molar-refractivity contribution in [1.29, 1.82) is 0 Å². The van der Waals surface area contributed by atoms with Gasteiger partial charge in [-0.3, -0.25) is 19.2 Å². The molecule has 3 amide bonds. The van der Waals surface area contributed by atoms with Gasteiger partial charge in [-0.2, -0.15) is 0 Å². The van der Waals surface area contributed by atoms with E-state index in [1.54, 1.807) is 17.5 Å². The number of Topliss-reactive ketones (excluding diaryl/α,β-unsaturated/α-hetero) is 1. The molecular formula is C19H26ClN3O4S. The summed E-state index contributed by atoms with van der Waals surface area (Å²) in [5, 5.41) is 7.31. The Kier molecular flexibility index (Phi) is 8.44. The number of hydrogen-bond donors (Lipinski definition) is 2. The molecule has 1 aromatic rings. The van der Waals surface area contributed by atoms with Crippen LogP contribution in [0.3, 0.4) is 0 Å². The summed E-state index contributed by atoms with van der Waals surface area (Å²) in [6.07, 6.45) is 1.08. The van der Waals surface area contributed by atoms with Gasteiger partial charge >= 0.3 is 0 Å². The zero-order chi connectivity index (χ0) is 20.7. The molecule has 0 aromatic carbocycles. The molecule has 2 N–H and O–H groups in total. The fraction of sp³-hybridized carbons (Fsp3) is 0.579. The number of ketones is 1. The number of nitrogens with zero attached hydrogens (tertiary/aromatic N) is 1. The van der Waals surface area contributed by atoms with E-state index >= 15 is 0 Å². The summed E-state index contributed by atoms with van der Waals surface area (Å²) in [6.45, 7) is 4.45. The monoisotopic (exact) mass is 427 g/mol. The van der Waals surface area contributed by atoms with Crippen LogP contribution >= 0.6 is 22.9 Å². The van der Waals surface area contributed by atoms with Crippen LogP contribution in [0.25, 0.3) is 0 Å². The zero-order valence-corrected chi connectivity index (χ0v) is 17.6. The second kappa shape index (κ2) is 10.6. The summed E-state index contributed by atoms with van der Waals surface area (Å²) in [6, 6.07) is 2.75. The number of amides is 3. The van der Waals surface area contributed by atoms with Crippen molar-refractivity contribution in [2.75, 3.05) is 25.5 Å². The molecule has 2 rings (SSSR count). The molecule has 1 aromatic heterocycles. The zero-order valence-electron chi connectivity index (χ0n) is 16.1. The van der Waals surface area contributed by atoms with Gasteiger partial charge in [0.15, 0.2) is 5.78 Å². The Morgan fingerprint density at radius 1 is 1.39 bits per heavy atom. The Morgan fingerprint density at radius 2 is 2.14 bits per heavy atom. The van der Waals surface area contributed by atoms with Gasteiger partial charge in [0.2, 0.25) is 11.8 Å². The van der Waals surface area contributed by atoms with Gasteiger partial charge in [-0.1, -0.05) is 19.9 Å². The first-order valence-electron chi connectivity index (χ1n) is 9.30. The number of carbonyl (C=O) groups excluding carboxylic acids is 4. The minimum atomic E-state index is -0.711. The van der Waals surface area contributed by atoms with Crippen LogP contribution in [0, 0.1) is 11.8 Å². The number of rotatable bonds is 10. The predicted molar refractivity (Wildman–Crippen MR) is 108 cm³/mol. The summed E-state index contributed by atoms with van der Waals surface area (Å²) in [5.74, 6) is -1.53. The van der Waals surface area contributed by atoms with E-state index in [1.807, 2.05) is 13.8 Å². The summed E-state index contributed by atoms with van der Waals surface area (Å²) >= 11 is 6.99. The second-order valence-electron chi connectivity index (χ2n) is 7.28. The lowest BCUT2D eigenvalue weighted by atomic mass is 9.99. The highest BCUT2D eigenvalue weighted by Crippen LogP contribution is 2.15. The van der Waals surface area contributed by atoms with Crippen LogP contribution in [0.15, 0.2) is 17.5 Å². The highest BCUT2D eigenvalue weighted by Gasteiger charge is 2.31. The predicted octanol–water partition coefficient (Wildman–Crippen LogP) is 1.67. The van der Waals surface area contributed by atoms with Gasteiger partial charge in [0.05, 0.1) is 23.4 Å². The van der Waals surface area contributed by atoms with Crippen molar-refractivity contribution >= 4 is 46.4 Å². The van der Waals surface area contributed by atoms with E-state index in [2.05, 4.69) is 10.6 Å². The maximum atomic E-state index is 12.9. The number of thiophene rings is 1. The van der Waals surface area contributed by atoms with Crippen molar-refractivity contribution in [2.45, 2.75) is 32.7 Å². The maximum absolute atomic E-state index is 12.9. The Hall–Kier alpha value is -1.93. The van der Waals surface area contributed by atoms with Crippen LogP contribution in [0.5, 0.6) is 0 Å². The smallest absolute Gasteiger partial charge is 0.261 e. The molecule has 0 bridgehead atoms. The minimum Gasteiger partial charge on any atom is -0.356 e. The van der Waals surface area contributed by atoms with Crippen LogP contribution in [0.1, 0.15) is 36.4 Å². The van der Waals surface area contributed by atoms with E-state index in [0.717, 1.165) is 0 Å². The lowest BCUT2D eigenvalue weighted by Crippen LogP contribution is -2.49. The molecule has 2 atom stereocenters. The molecule has 7 nitrogen and oxygen atoms in total. The third kappa shape index (κ3) is 6.31. The highest BCUT2D eigenvalue weighted by atomic mass is 35.5. The molecule has 28 heavy (non-hydrogen) atoms. The molecule has 1 saturated heterocycles. The van der Waals surface area contributed by atoms with Gasteiger partial charge in [-0.05, 0) is 30.2 Å². The highest BCUT2D eigenvalue weighted by molar-refractivity contribution is 7.12. The van der Waals surface area contributed by atoms with Crippen LogP contribution in [-0.4, -0.2) is 60.0 Å². The average Bonchev–Trinajstić information content (AvgIpc) is 3.31. The number of nitrogens with one attached hydrogen (secondary N) is 2. The number of halogens is 1. The van der Waals surface area contributed by atoms with Crippen molar-refractivity contribution in [1.82, 2.24) is 15.5 Å². The fourth-order valence-corrected chi connectivity index (χ4v) is 3.90. The summed E-state index contributed by atoms with van der Waals surface area (Å²) in [5.41, 5.74) is 0. The quantitative estimate of drug-likeness (QED) is 0.555. The molecule has 0 saturated carbocycles. The van der Waals surface area contributed by atoms with Gasteiger partial charge < -0.3 is 15.5 Å². The molecule has 1 aliphatic rings. The maximum Gasteiger partial charge on any atom is 0.261 e. The summed E-state index contributed by atoms with van der Waals surface area (Å²) in [4.78, 5) is 51.2.